The van der Waals surface area contributed by atoms with Crippen molar-refractivity contribution in [3.05, 3.63) is 0 Å². The minimum Gasteiger partial charge on any atom is -0.377 e. The summed E-state index contributed by atoms with van der Waals surface area (Å²) < 4.78 is 9.99. The Balaban J connectivity index is 2.48. The molecule has 13 heavy (non-hydrogen) atoms. The van der Waals surface area contributed by atoms with E-state index in [1.807, 2.05) is 0 Å². The molecule has 1 unspecified atom stereocenters. The second-order valence-electron chi connectivity index (χ2n) is 2.98. The van der Waals surface area contributed by atoms with Gasteiger partial charge in [-0.1, -0.05) is 0 Å². The lowest BCUT2D eigenvalue weighted by atomic mass is 10.2. The molecule has 1 aliphatic heterocycles. The van der Waals surface area contributed by atoms with Crippen molar-refractivity contribution in [1.82, 2.24) is 4.90 Å². The van der Waals surface area contributed by atoms with Crippen molar-refractivity contribution in [2.75, 3.05) is 40.0 Å². The predicted molar refractivity (Wildman–Crippen MR) is 47.3 cm³/mol. The lowest BCUT2D eigenvalue weighted by molar-refractivity contribution is -0.143. The highest BCUT2D eigenvalue weighted by atomic mass is 16.5. The summed E-state index contributed by atoms with van der Waals surface area (Å²) in [5.41, 5.74) is 5.51. The standard InChI is InChI=1S/C8H16N2O3/c1-12-6-8(11)10-2-3-13-5-7(10)4-9/h7H,2-6,9H2,1H3. The Morgan fingerprint density at radius 3 is 3.15 bits per heavy atom. The van der Waals surface area contributed by atoms with Gasteiger partial charge in [-0.3, -0.25) is 4.79 Å². The van der Waals surface area contributed by atoms with Crippen LogP contribution in [0.1, 0.15) is 0 Å². The molecule has 1 saturated heterocycles. The molecule has 0 radical (unpaired) electrons. The number of hydrogen-bond donors (Lipinski definition) is 1. The zero-order chi connectivity index (χ0) is 9.68. The van der Waals surface area contributed by atoms with E-state index in [9.17, 15) is 4.79 Å². The fourth-order valence-electron chi connectivity index (χ4n) is 1.38. The van der Waals surface area contributed by atoms with Crippen molar-refractivity contribution in [2.24, 2.45) is 5.73 Å². The molecule has 1 fully saturated rings. The van der Waals surface area contributed by atoms with E-state index in [2.05, 4.69) is 0 Å². The molecule has 0 aromatic heterocycles. The Kier molecular flexibility index (Phi) is 4.14. The van der Waals surface area contributed by atoms with Gasteiger partial charge in [0.15, 0.2) is 0 Å². The number of morpholine rings is 1. The van der Waals surface area contributed by atoms with Crippen LogP contribution >= 0.6 is 0 Å². The first-order valence-corrected chi connectivity index (χ1v) is 4.35. The second-order valence-corrected chi connectivity index (χ2v) is 2.98. The quantitative estimate of drug-likeness (QED) is 0.605. The van der Waals surface area contributed by atoms with Gasteiger partial charge in [-0.2, -0.15) is 0 Å². The number of amides is 1. The molecular formula is C8H16N2O3. The average molecular weight is 188 g/mol. The number of carbonyl (C=O) groups excluding carboxylic acids is 1. The molecule has 0 saturated carbocycles. The molecule has 1 amide bonds. The van der Waals surface area contributed by atoms with Gasteiger partial charge in [0.25, 0.3) is 0 Å². The Hall–Kier alpha value is -0.650. The van der Waals surface area contributed by atoms with E-state index in [0.717, 1.165) is 0 Å². The van der Waals surface area contributed by atoms with Crippen molar-refractivity contribution < 1.29 is 14.3 Å². The zero-order valence-electron chi connectivity index (χ0n) is 7.86. The van der Waals surface area contributed by atoms with Gasteiger partial charge in [0.05, 0.1) is 19.3 Å². The van der Waals surface area contributed by atoms with E-state index in [1.54, 1.807) is 4.90 Å². The normalized spacial score (nSPS) is 23.2. The highest BCUT2D eigenvalue weighted by Gasteiger charge is 2.25. The van der Waals surface area contributed by atoms with Gasteiger partial charge in [0.1, 0.15) is 6.61 Å². The first kappa shape index (κ1) is 10.4. The van der Waals surface area contributed by atoms with E-state index in [4.69, 9.17) is 15.2 Å². The second kappa shape index (κ2) is 5.16. The molecule has 5 heteroatoms. The van der Waals surface area contributed by atoms with Crippen LogP contribution in [0.5, 0.6) is 0 Å². The molecule has 2 N–H and O–H groups in total. The first-order valence-electron chi connectivity index (χ1n) is 4.35. The third-order valence-electron chi connectivity index (χ3n) is 2.09. The molecule has 0 aromatic carbocycles. The van der Waals surface area contributed by atoms with Crippen LogP contribution < -0.4 is 5.73 Å². The van der Waals surface area contributed by atoms with Gasteiger partial charge >= 0.3 is 0 Å². The summed E-state index contributed by atoms with van der Waals surface area (Å²) >= 11 is 0. The van der Waals surface area contributed by atoms with Gasteiger partial charge in [0.2, 0.25) is 5.91 Å². The van der Waals surface area contributed by atoms with E-state index in [-0.39, 0.29) is 18.6 Å². The number of ether oxygens (including phenoxy) is 2. The molecule has 5 nitrogen and oxygen atoms in total. The third-order valence-corrected chi connectivity index (χ3v) is 2.09. The van der Waals surface area contributed by atoms with Crippen LogP contribution in [0.15, 0.2) is 0 Å². The Morgan fingerprint density at radius 1 is 1.77 bits per heavy atom. The van der Waals surface area contributed by atoms with Crippen molar-refractivity contribution in [2.45, 2.75) is 6.04 Å². The monoisotopic (exact) mass is 188 g/mol. The summed E-state index contributed by atoms with van der Waals surface area (Å²) in [5.74, 6) is -0.0127. The Morgan fingerprint density at radius 2 is 2.54 bits per heavy atom. The fraction of sp³-hybridized carbons (Fsp3) is 0.875. The minimum atomic E-state index is -0.0127. The summed E-state index contributed by atoms with van der Waals surface area (Å²) in [6.07, 6.45) is 0. The van der Waals surface area contributed by atoms with Crippen LogP contribution in [0.3, 0.4) is 0 Å². The first-order chi connectivity index (χ1) is 6.29. The summed E-state index contributed by atoms with van der Waals surface area (Å²) in [5, 5.41) is 0. The van der Waals surface area contributed by atoms with Crippen LogP contribution in [0.25, 0.3) is 0 Å². The highest BCUT2D eigenvalue weighted by molar-refractivity contribution is 5.77. The molecule has 0 aromatic rings. The van der Waals surface area contributed by atoms with Crippen molar-refractivity contribution in [1.29, 1.82) is 0 Å². The van der Waals surface area contributed by atoms with Gasteiger partial charge < -0.3 is 20.1 Å². The fourth-order valence-corrected chi connectivity index (χ4v) is 1.38. The third kappa shape index (κ3) is 2.65. The smallest absolute Gasteiger partial charge is 0.249 e. The van der Waals surface area contributed by atoms with E-state index in [0.29, 0.717) is 26.3 Å². The molecule has 76 valence electrons. The number of methoxy groups -OCH3 is 1. The summed E-state index contributed by atoms with van der Waals surface area (Å²) in [7, 11) is 1.51. The molecule has 0 bridgehead atoms. The lowest BCUT2D eigenvalue weighted by Crippen LogP contribution is -2.53. The zero-order valence-corrected chi connectivity index (χ0v) is 7.86. The van der Waals surface area contributed by atoms with E-state index in [1.165, 1.54) is 7.11 Å². The van der Waals surface area contributed by atoms with Crippen LogP contribution in [0.4, 0.5) is 0 Å². The van der Waals surface area contributed by atoms with Crippen molar-refractivity contribution in [3.63, 3.8) is 0 Å². The van der Waals surface area contributed by atoms with Crippen LogP contribution in [0, 0.1) is 0 Å². The van der Waals surface area contributed by atoms with Crippen LogP contribution in [-0.4, -0.2) is 56.9 Å². The molecule has 1 atom stereocenters. The van der Waals surface area contributed by atoms with Gasteiger partial charge in [-0.05, 0) is 0 Å². The molecule has 1 aliphatic rings. The molecule has 1 rings (SSSR count). The Bertz CT molecular complexity index is 175. The van der Waals surface area contributed by atoms with Gasteiger partial charge in [-0.15, -0.1) is 0 Å². The molecule has 0 spiro atoms. The van der Waals surface area contributed by atoms with Crippen LogP contribution in [-0.2, 0) is 14.3 Å². The predicted octanol–water partition coefficient (Wildman–Crippen LogP) is -1.18. The lowest BCUT2D eigenvalue weighted by Gasteiger charge is -2.34. The van der Waals surface area contributed by atoms with Gasteiger partial charge in [-0.25, -0.2) is 0 Å². The number of nitrogens with zero attached hydrogens (tertiary/aromatic N) is 1. The number of rotatable bonds is 3. The number of nitrogens with two attached hydrogens (primary N) is 1. The Labute approximate surface area is 77.8 Å². The summed E-state index contributed by atoms with van der Waals surface area (Å²) in [6.45, 7) is 2.30. The minimum absolute atomic E-state index is 0.0106. The maximum Gasteiger partial charge on any atom is 0.249 e. The highest BCUT2D eigenvalue weighted by Crippen LogP contribution is 2.05. The topological polar surface area (TPSA) is 64.8 Å². The van der Waals surface area contributed by atoms with E-state index >= 15 is 0 Å². The van der Waals surface area contributed by atoms with Crippen LogP contribution in [0.2, 0.25) is 0 Å². The van der Waals surface area contributed by atoms with Gasteiger partial charge in [0, 0.05) is 20.2 Å². The maximum atomic E-state index is 11.5. The largest absolute Gasteiger partial charge is 0.377 e. The molecular weight excluding hydrogens is 172 g/mol. The molecule has 0 aliphatic carbocycles. The molecule has 1 heterocycles. The van der Waals surface area contributed by atoms with Crippen molar-refractivity contribution in [3.8, 4) is 0 Å². The number of carbonyl (C=O) groups is 1. The number of hydrogen-bond acceptors (Lipinski definition) is 4. The van der Waals surface area contributed by atoms with Crippen molar-refractivity contribution >= 4 is 5.91 Å². The van der Waals surface area contributed by atoms with E-state index < -0.39 is 0 Å². The SMILES string of the molecule is COCC(=O)N1CCOCC1CN. The summed E-state index contributed by atoms with van der Waals surface area (Å²) in [6, 6.07) is 0.0106. The summed E-state index contributed by atoms with van der Waals surface area (Å²) in [4.78, 5) is 13.2. The maximum absolute atomic E-state index is 11.5. The average Bonchev–Trinajstić information content (AvgIpc) is 2.18.